The smallest absolute Gasteiger partial charge is 0.410 e. The molecule has 1 aromatic rings. The third kappa shape index (κ3) is 4.30. The Hall–Kier alpha value is -1.36. The summed E-state index contributed by atoms with van der Waals surface area (Å²) >= 11 is 5.76. The second-order valence-corrected chi connectivity index (χ2v) is 6.69. The molecular formula is C15H20ClFN2O2. The Labute approximate surface area is 129 Å². The fourth-order valence-corrected chi connectivity index (χ4v) is 2.56. The molecule has 116 valence electrons. The lowest BCUT2D eigenvalue weighted by atomic mass is 9.91. The fraction of sp³-hybridized carbons (Fsp3) is 0.600. The minimum Gasteiger partial charge on any atom is -0.444 e. The van der Waals surface area contributed by atoms with Crippen molar-refractivity contribution < 1.29 is 13.9 Å². The molecule has 0 saturated carbocycles. The summed E-state index contributed by atoms with van der Waals surface area (Å²) in [4.78, 5) is 17.3. The number of carbonyl (C=O) groups excluding carboxylic acids is 1. The van der Waals surface area contributed by atoms with Crippen molar-refractivity contribution in [3.05, 3.63) is 28.8 Å². The number of halogens is 2. The number of amides is 1. The van der Waals surface area contributed by atoms with Gasteiger partial charge in [0, 0.05) is 19.3 Å². The van der Waals surface area contributed by atoms with Gasteiger partial charge in [0.1, 0.15) is 5.60 Å². The number of carbonyl (C=O) groups is 1. The maximum absolute atomic E-state index is 13.1. The molecule has 1 fully saturated rings. The van der Waals surface area contributed by atoms with Gasteiger partial charge in [0.2, 0.25) is 5.95 Å². The lowest BCUT2D eigenvalue weighted by molar-refractivity contribution is 0.0205. The first-order chi connectivity index (χ1) is 9.76. The van der Waals surface area contributed by atoms with Crippen LogP contribution in [0.5, 0.6) is 0 Å². The molecule has 0 radical (unpaired) electrons. The van der Waals surface area contributed by atoms with Crippen LogP contribution in [-0.4, -0.2) is 34.7 Å². The third-order valence-corrected chi connectivity index (χ3v) is 3.70. The van der Waals surface area contributed by atoms with Crippen LogP contribution in [0.3, 0.4) is 0 Å². The van der Waals surface area contributed by atoms with E-state index in [-0.39, 0.29) is 17.0 Å². The summed E-state index contributed by atoms with van der Waals surface area (Å²) in [5.74, 6) is -0.402. The minimum absolute atomic E-state index is 0.0436. The second kappa shape index (κ2) is 6.18. The molecule has 1 saturated heterocycles. The normalized spacial score (nSPS) is 16.9. The number of hydrogen-bond donors (Lipinski definition) is 0. The Kier molecular flexibility index (Phi) is 4.71. The fourth-order valence-electron chi connectivity index (χ4n) is 2.38. The summed E-state index contributed by atoms with van der Waals surface area (Å²) in [7, 11) is 0. The van der Waals surface area contributed by atoms with Gasteiger partial charge >= 0.3 is 6.09 Å². The topological polar surface area (TPSA) is 42.4 Å². The molecule has 0 unspecified atom stereocenters. The molecule has 2 heterocycles. The van der Waals surface area contributed by atoms with E-state index in [1.165, 1.54) is 6.20 Å². The van der Waals surface area contributed by atoms with Gasteiger partial charge in [-0.15, -0.1) is 0 Å². The zero-order chi connectivity index (χ0) is 15.6. The van der Waals surface area contributed by atoms with E-state index < -0.39 is 11.5 Å². The van der Waals surface area contributed by atoms with Crippen LogP contribution >= 0.6 is 11.6 Å². The van der Waals surface area contributed by atoms with Crippen molar-refractivity contribution >= 4 is 17.7 Å². The summed E-state index contributed by atoms with van der Waals surface area (Å²) in [6.07, 6.45) is 2.83. The van der Waals surface area contributed by atoms with Gasteiger partial charge in [-0.25, -0.2) is 9.78 Å². The number of hydrogen-bond acceptors (Lipinski definition) is 3. The lowest BCUT2D eigenvalue weighted by Crippen LogP contribution is -2.41. The van der Waals surface area contributed by atoms with E-state index in [1.807, 2.05) is 20.8 Å². The molecular weight excluding hydrogens is 295 g/mol. The molecule has 1 amide bonds. The third-order valence-electron chi connectivity index (χ3n) is 3.44. The number of ether oxygens (including phenoxy) is 1. The van der Waals surface area contributed by atoms with Crippen LogP contribution in [0, 0.1) is 5.95 Å². The molecule has 21 heavy (non-hydrogen) atoms. The zero-order valence-corrected chi connectivity index (χ0v) is 13.3. The highest BCUT2D eigenvalue weighted by Crippen LogP contribution is 2.30. The molecule has 0 spiro atoms. The highest BCUT2D eigenvalue weighted by molar-refractivity contribution is 6.30. The Bertz CT molecular complexity index is 523. The summed E-state index contributed by atoms with van der Waals surface area (Å²) in [5.41, 5.74) is 0.438. The van der Waals surface area contributed by atoms with E-state index in [0.717, 1.165) is 18.4 Å². The average molecular weight is 315 g/mol. The summed E-state index contributed by atoms with van der Waals surface area (Å²) in [5, 5.41) is 0.0436. The predicted molar refractivity (Wildman–Crippen MR) is 79.0 cm³/mol. The molecule has 1 aliphatic rings. The van der Waals surface area contributed by atoms with Crippen LogP contribution in [0.15, 0.2) is 12.3 Å². The first kappa shape index (κ1) is 16.0. The van der Waals surface area contributed by atoms with Crippen molar-refractivity contribution in [3.63, 3.8) is 0 Å². The SMILES string of the molecule is CC(C)(C)OC(=O)N1CCC(c2cnc(F)c(Cl)c2)CC1. The van der Waals surface area contributed by atoms with Crippen molar-refractivity contribution in [3.8, 4) is 0 Å². The van der Waals surface area contributed by atoms with Gasteiger partial charge in [-0.2, -0.15) is 4.39 Å². The largest absolute Gasteiger partial charge is 0.444 e. The molecule has 4 nitrogen and oxygen atoms in total. The minimum atomic E-state index is -0.647. The zero-order valence-electron chi connectivity index (χ0n) is 12.5. The number of aromatic nitrogens is 1. The molecule has 0 aromatic carbocycles. The van der Waals surface area contributed by atoms with Gasteiger partial charge in [0.25, 0.3) is 0 Å². The Morgan fingerprint density at radius 3 is 2.57 bits per heavy atom. The predicted octanol–water partition coefficient (Wildman–Crippen LogP) is 3.99. The van der Waals surface area contributed by atoms with Crippen molar-refractivity contribution in [2.45, 2.75) is 45.1 Å². The lowest BCUT2D eigenvalue weighted by Gasteiger charge is -2.33. The van der Waals surface area contributed by atoms with Gasteiger partial charge in [-0.1, -0.05) is 11.6 Å². The maximum atomic E-state index is 13.1. The molecule has 0 atom stereocenters. The number of piperidine rings is 1. The summed E-state index contributed by atoms with van der Waals surface area (Å²) in [6, 6.07) is 1.62. The van der Waals surface area contributed by atoms with Crippen molar-refractivity contribution in [1.82, 2.24) is 9.88 Å². The highest BCUT2D eigenvalue weighted by Gasteiger charge is 2.27. The van der Waals surface area contributed by atoms with Crippen molar-refractivity contribution in [2.24, 2.45) is 0 Å². The summed E-state index contributed by atoms with van der Waals surface area (Å²) < 4.78 is 18.4. The van der Waals surface area contributed by atoms with Gasteiger partial charge in [-0.05, 0) is 51.2 Å². The Morgan fingerprint density at radius 2 is 2.05 bits per heavy atom. The molecule has 0 bridgehead atoms. The number of nitrogens with zero attached hydrogens (tertiary/aromatic N) is 2. The molecule has 6 heteroatoms. The van der Waals surface area contributed by atoms with Gasteiger partial charge in [0.05, 0.1) is 5.02 Å². The van der Waals surface area contributed by atoms with Gasteiger partial charge < -0.3 is 9.64 Å². The van der Waals surface area contributed by atoms with Crippen molar-refractivity contribution in [1.29, 1.82) is 0 Å². The van der Waals surface area contributed by atoms with E-state index in [9.17, 15) is 9.18 Å². The molecule has 0 aliphatic carbocycles. The number of likely N-dealkylation sites (tertiary alicyclic amines) is 1. The van der Waals surface area contributed by atoms with Gasteiger partial charge in [-0.3, -0.25) is 0 Å². The monoisotopic (exact) mass is 314 g/mol. The second-order valence-electron chi connectivity index (χ2n) is 6.28. The molecule has 2 rings (SSSR count). The molecule has 0 N–H and O–H groups in total. The van der Waals surface area contributed by atoms with E-state index in [1.54, 1.807) is 11.0 Å². The Balaban J connectivity index is 1.94. The quantitative estimate of drug-likeness (QED) is 0.736. The van der Waals surface area contributed by atoms with Crippen molar-refractivity contribution in [2.75, 3.05) is 13.1 Å². The molecule has 1 aliphatic heterocycles. The van der Waals surface area contributed by atoms with Crippen LogP contribution in [0.2, 0.25) is 5.02 Å². The first-order valence-corrected chi connectivity index (χ1v) is 7.43. The Morgan fingerprint density at radius 1 is 1.43 bits per heavy atom. The van der Waals surface area contributed by atoms with Crippen LogP contribution in [0.4, 0.5) is 9.18 Å². The average Bonchev–Trinajstić information content (AvgIpc) is 2.40. The van der Waals surface area contributed by atoms with Crippen LogP contribution in [-0.2, 0) is 4.74 Å². The van der Waals surface area contributed by atoms with E-state index in [2.05, 4.69) is 4.98 Å². The number of pyridine rings is 1. The standard InChI is InChI=1S/C15H20ClFN2O2/c1-15(2,3)21-14(20)19-6-4-10(5-7-19)11-8-12(16)13(17)18-9-11/h8-10H,4-7H2,1-3H3. The van der Waals surface area contributed by atoms with E-state index in [0.29, 0.717) is 13.1 Å². The maximum Gasteiger partial charge on any atom is 0.410 e. The van der Waals surface area contributed by atoms with Gasteiger partial charge in [0.15, 0.2) is 0 Å². The first-order valence-electron chi connectivity index (χ1n) is 7.05. The van der Waals surface area contributed by atoms with Crippen LogP contribution in [0.25, 0.3) is 0 Å². The van der Waals surface area contributed by atoms with Crippen LogP contribution in [0.1, 0.15) is 45.1 Å². The number of rotatable bonds is 1. The highest BCUT2D eigenvalue weighted by atomic mass is 35.5. The van der Waals surface area contributed by atoms with Crippen LogP contribution < -0.4 is 0 Å². The van der Waals surface area contributed by atoms with E-state index in [4.69, 9.17) is 16.3 Å². The van der Waals surface area contributed by atoms with E-state index >= 15 is 0 Å². The molecule has 1 aromatic heterocycles. The summed E-state index contributed by atoms with van der Waals surface area (Å²) in [6.45, 7) is 6.79.